The molecule has 6 aromatic carbocycles. The first-order valence-electron chi connectivity index (χ1n) is 19.2. The molecule has 2 aliphatic heterocycles. The lowest BCUT2D eigenvalue weighted by Gasteiger charge is -2.14. The van der Waals surface area contributed by atoms with Crippen LogP contribution in [0.5, 0.6) is 11.5 Å². The van der Waals surface area contributed by atoms with E-state index in [1.807, 2.05) is 125 Å². The maximum absolute atomic E-state index is 14.1. The predicted molar refractivity (Wildman–Crippen MR) is 218 cm³/mol. The van der Waals surface area contributed by atoms with Crippen LogP contribution in [0.3, 0.4) is 0 Å². The molecule has 6 aromatic rings. The molecule has 0 fully saturated rings. The Morgan fingerprint density at radius 2 is 0.741 bits per heavy atom. The van der Waals surface area contributed by atoms with Gasteiger partial charge in [-0.05, 0) is 110 Å². The van der Waals surface area contributed by atoms with Crippen LogP contribution in [0.2, 0.25) is 0 Å². The Bertz CT molecular complexity index is 2190. The van der Waals surface area contributed by atoms with Crippen LogP contribution in [-0.2, 0) is 9.47 Å². The number of halogens is 4. The van der Waals surface area contributed by atoms with E-state index in [0.717, 1.165) is 44.9 Å². The molecule has 8 rings (SSSR count). The van der Waals surface area contributed by atoms with Crippen molar-refractivity contribution in [3.05, 3.63) is 179 Å². The third-order valence-electron chi connectivity index (χ3n) is 9.85. The van der Waals surface area contributed by atoms with Crippen LogP contribution < -0.4 is 9.47 Å². The predicted octanol–water partition coefficient (Wildman–Crippen LogP) is 11.9. The Balaban J connectivity index is 0.000000177. The standard InChI is InChI=1S/2C24H21F2NO2/c2*1-3-28-19-13-11-17(12-14-19)16-7-9-18(10-8-16)23-15(2)29-24(27-23)22-20(25)5-4-6-21(22)26/h2*4-15,23H,3H2,1-2H3/t2*15-,23+/m10/s1. The van der Waals surface area contributed by atoms with Crippen LogP contribution in [0.4, 0.5) is 17.6 Å². The van der Waals surface area contributed by atoms with Crippen molar-refractivity contribution in [3.63, 3.8) is 0 Å². The SMILES string of the molecule is CCOc1ccc(-c2ccc([C@@H]3N=C(c4c(F)cccc4F)O[C@H]3C)cc2)cc1.CCOc1ccc(-c2ccc([C@H]3N=C(c4c(F)cccc4F)O[C@@H]3C)cc2)cc1. The van der Waals surface area contributed by atoms with Gasteiger partial charge in [-0.1, -0.05) is 84.9 Å². The molecule has 6 nitrogen and oxygen atoms in total. The molecule has 296 valence electrons. The zero-order valence-corrected chi connectivity index (χ0v) is 32.5. The average Bonchev–Trinajstić information content (AvgIpc) is 3.80. The maximum atomic E-state index is 14.1. The first-order chi connectivity index (χ1) is 28.1. The number of ether oxygens (including phenoxy) is 4. The number of benzene rings is 6. The Morgan fingerprint density at radius 1 is 0.448 bits per heavy atom. The number of hydrogen-bond acceptors (Lipinski definition) is 6. The molecular weight excluding hydrogens is 745 g/mol. The van der Waals surface area contributed by atoms with Gasteiger partial charge in [0, 0.05) is 0 Å². The van der Waals surface area contributed by atoms with Crippen molar-refractivity contribution in [1.29, 1.82) is 0 Å². The van der Waals surface area contributed by atoms with Gasteiger partial charge in [0.15, 0.2) is 0 Å². The highest BCUT2D eigenvalue weighted by Gasteiger charge is 2.33. The highest BCUT2D eigenvalue weighted by Crippen LogP contribution is 2.35. The van der Waals surface area contributed by atoms with Gasteiger partial charge in [0.1, 0.15) is 70.2 Å². The highest BCUT2D eigenvalue weighted by atomic mass is 19.1. The molecule has 2 heterocycles. The van der Waals surface area contributed by atoms with Gasteiger partial charge < -0.3 is 18.9 Å². The second-order valence-corrected chi connectivity index (χ2v) is 13.8. The van der Waals surface area contributed by atoms with E-state index in [9.17, 15) is 17.6 Å². The summed E-state index contributed by atoms with van der Waals surface area (Å²) < 4.78 is 78.6. The van der Waals surface area contributed by atoms with Gasteiger partial charge in [-0.15, -0.1) is 0 Å². The van der Waals surface area contributed by atoms with E-state index in [1.165, 1.54) is 36.4 Å². The molecule has 4 atom stereocenters. The molecule has 2 aliphatic rings. The Hall–Kier alpha value is -6.42. The van der Waals surface area contributed by atoms with E-state index in [0.29, 0.717) is 13.2 Å². The van der Waals surface area contributed by atoms with Gasteiger partial charge in [0.05, 0.1) is 13.2 Å². The quantitative estimate of drug-likeness (QED) is 0.130. The minimum absolute atomic E-state index is 0.00805. The molecule has 0 amide bonds. The van der Waals surface area contributed by atoms with Crippen molar-refractivity contribution in [2.24, 2.45) is 9.98 Å². The summed E-state index contributed by atoms with van der Waals surface area (Å²) >= 11 is 0. The molecule has 0 radical (unpaired) electrons. The summed E-state index contributed by atoms with van der Waals surface area (Å²) in [5.41, 5.74) is 5.71. The van der Waals surface area contributed by atoms with Crippen LogP contribution in [0.25, 0.3) is 22.3 Å². The third-order valence-corrected chi connectivity index (χ3v) is 9.85. The number of rotatable bonds is 10. The fraction of sp³-hybridized carbons (Fsp3) is 0.208. The van der Waals surface area contributed by atoms with Crippen LogP contribution in [0, 0.1) is 23.3 Å². The summed E-state index contributed by atoms with van der Waals surface area (Å²) in [6.07, 6.45) is -0.638. The fourth-order valence-corrected chi connectivity index (χ4v) is 6.91. The summed E-state index contributed by atoms with van der Waals surface area (Å²) in [4.78, 5) is 8.93. The lowest BCUT2D eigenvalue weighted by atomic mass is 9.99. The van der Waals surface area contributed by atoms with E-state index in [2.05, 4.69) is 9.98 Å². The summed E-state index contributed by atoms with van der Waals surface area (Å²) in [6.45, 7) is 8.87. The number of aliphatic imine (C=N–C) groups is 2. The van der Waals surface area contributed by atoms with Crippen molar-refractivity contribution in [3.8, 4) is 33.8 Å². The lowest BCUT2D eigenvalue weighted by molar-refractivity contribution is 0.212. The lowest BCUT2D eigenvalue weighted by Crippen LogP contribution is -2.14. The largest absolute Gasteiger partial charge is 0.494 e. The van der Waals surface area contributed by atoms with E-state index in [1.54, 1.807) is 0 Å². The summed E-state index contributed by atoms with van der Waals surface area (Å²) in [5.74, 6) is -1.02. The monoisotopic (exact) mass is 786 g/mol. The molecule has 58 heavy (non-hydrogen) atoms. The minimum atomic E-state index is -0.678. The highest BCUT2D eigenvalue weighted by molar-refractivity contribution is 5.96. The molecule has 0 unspecified atom stereocenters. The zero-order chi connectivity index (χ0) is 40.8. The summed E-state index contributed by atoms with van der Waals surface area (Å²) in [5, 5.41) is 0. The molecule has 0 saturated carbocycles. The fourth-order valence-electron chi connectivity index (χ4n) is 6.91. The van der Waals surface area contributed by atoms with Gasteiger partial charge in [0.25, 0.3) is 0 Å². The smallest absolute Gasteiger partial charge is 0.223 e. The van der Waals surface area contributed by atoms with Gasteiger partial charge in [-0.2, -0.15) is 0 Å². The molecule has 0 N–H and O–H groups in total. The second-order valence-electron chi connectivity index (χ2n) is 13.8. The first-order valence-corrected chi connectivity index (χ1v) is 19.2. The van der Waals surface area contributed by atoms with Gasteiger partial charge in [0.2, 0.25) is 11.8 Å². The third kappa shape index (κ3) is 8.76. The summed E-state index contributed by atoms with van der Waals surface area (Å²) in [6, 6.07) is 38.6. The van der Waals surface area contributed by atoms with Crippen LogP contribution in [0.1, 0.15) is 62.0 Å². The van der Waals surface area contributed by atoms with Crippen LogP contribution >= 0.6 is 0 Å². The molecule has 10 heteroatoms. The topological polar surface area (TPSA) is 61.6 Å². The maximum Gasteiger partial charge on any atom is 0.223 e. The molecule has 0 aliphatic carbocycles. The number of hydrogen-bond donors (Lipinski definition) is 0. The average molecular weight is 787 g/mol. The second kappa shape index (κ2) is 17.8. The molecule has 0 spiro atoms. The van der Waals surface area contributed by atoms with Crippen molar-refractivity contribution in [2.75, 3.05) is 13.2 Å². The molecular formula is C48H42F4N2O4. The van der Waals surface area contributed by atoms with Crippen molar-refractivity contribution < 1.29 is 36.5 Å². The van der Waals surface area contributed by atoms with Crippen molar-refractivity contribution in [1.82, 2.24) is 0 Å². The van der Waals surface area contributed by atoms with Crippen molar-refractivity contribution >= 4 is 11.8 Å². The normalized spacial score (nSPS) is 18.3. The molecule has 0 bridgehead atoms. The van der Waals surface area contributed by atoms with Crippen LogP contribution in [0.15, 0.2) is 143 Å². The minimum Gasteiger partial charge on any atom is -0.494 e. The van der Waals surface area contributed by atoms with E-state index >= 15 is 0 Å². The summed E-state index contributed by atoms with van der Waals surface area (Å²) in [7, 11) is 0. The Kier molecular flexibility index (Phi) is 12.2. The van der Waals surface area contributed by atoms with Crippen molar-refractivity contribution in [2.45, 2.75) is 52.0 Å². The first kappa shape index (κ1) is 39.8. The Labute approximate surface area is 335 Å². The van der Waals surface area contributed by atoms with E-state index in [-0.39, 0.29) is 47.2 Å². The molecule has 0 saturated heterocycles. The zero-order valence-electron chi connectivity index (χ0n) is 32.5. The van der Waals surface area contributed by atoms with Gasteiger partial charge in [-0.25, -0.2) is 27.5 Å². The van der Waals surface area contributed by atoms with E-state index in [4.69, 9.17) is 18.9 Å². The van der Waals surface area contributed by atoms with Gasteiger partial charge in [-0.3, -0.25) is 0 Å². The number of nitrogens with zero attached hydrogens (tertiary/aromatic N) is 2. The van der Waals surface area contributed by atoms with Crippen LogP contribution in [-0.4, -0.2) is 37.2 Å². The Morgan fingerprint density at radius 3 is 1.03 bits per heavy atom. The van der Waals surface area contributed by atoms with E-state index < -0.39 is 23.3 Å². The van der Waals surface area contributed by atoms with Gasteiger partial charge >= 0.3 is 0 Å². The molecule has 0 aromatic heterocycles.